The van der Waals surface area contributed by atoms with Crippen molar-refractivity contribution >= 4 is 12.6 Å². The third-order valence-corrected chi connectivity index (χ3v) is 2.61. The van der Waals surface area contributed by atoms with Crippen LogP contribution in [0.3, 0.4) is 0 Å². The van der Waals surface area contributed by atoms with Crippen molar-refractivity contribution in [2.24, 2.45) is 0 Å². The third-order valence-electron chi connectivity index (χ3n) is 2.00. The zero-order chi connectivity index (χ0) is 9.07. The minimum absolute atomic E-state index is 0.378. The number of thiol groups is 1. The first kappa shape index (κ1) is 11.3. The van der Waals surface area contributed by atoms with Crippen LogP contribution in [0.15, 0.2) is 0 Å². The van der Waals surface area contributed by atoms with Crippen LogP contribution in [0, 0.1) is 0 Å². The Morgan fingerprint density at radius 3 is 2.18 bits per heavy atom. The van der Waals surface area contributed by atoms with Gasteiger partial charge in [0, 0.05) is 11.2 Å². The lowest BCUT2D eigenvalue weighted by Crippen LogP contribution is -2.35. The largest absolute Gasteiger partial charge is 0.393 e. The molecule has 0 aromatic rings. The molecule has 2 N–H and O–H groups in total. The molecule has 0 saturated carbocycles. The first-order valence-electron chi connectivity index (χ1n) is 3.98. The van der Waals surface area contributed by atoms with Crippen LogP contribution in [0.25, 0.3) is 0 Å². The summed E-state index contributed by atoms with van der Waals surface area (Å²) in [5.41, 5.74) is 0. The highest BCUT2D eigenvalue weighted by molar-refractivity contribution is 7.81. The smallest absolute Gasteiger partial charge is 0.0706 e. The molecule has 0 unspecified atom stereocenters. The van der Waals surface area contributed by atoms with Crippen molar-refractivity contribution in [3.8, 4) is 0 Å². The lowest BCUT2D eigenvalue weighted by Gasteiger charge is -2.28. The first-order valence-corrected chi connectivity index (χ1v) is 4.43. The van der Waals surface area contributed by atoms with Crippen molar-refractivity contribution in [3.63, 3.8) is 0 Å². The van der Waals surface area contributed by atoms with Crippen molar-refractivity contribution in [1.82, 2.24) is 0 Å². The predicted octanol–water partition coefficient (Wildman–Crippen LogP) is 1.22. The van der Waals surface area contributed by atoms with Crippen LogP contribution in [0.4, 0.5) is 0 Å². The van der Waals surface area contributed by atoms with Crippen molar-refractivity contribution in [3.05, 3.63) is 0 Å². The molecule has 0 bridgehead atoms. The van der Waals surface area contributed by atoms with E-state index in [-0.39, 0.29) is 4.75 Å². The zero-order valence-corrected chi connectivity index (χ0v) is 8.30. The van der Waals surface area contributed by atoms with Gasteiger partial charge in [0.15, 0.2) is 0 Å². The van der Waals surface area contributed by atoms with Gasteiger partial charge in [-0.2, -0.15) is 12.6 Å². The summed E-state index contributed by atoms with van der Waals surface area (Å²) in [6, 6.07) is 0. The molecular formula is C8H18O2S. The zero-order valence-electron chi connectivity index (χ0n) is 7.41. The number of aliphatic hydroxyl groups excluding tert-OH is 2. The molecule has 0 heterocycles. The Bertz CT molecular complexity index is 113. The molecule has 0 aliphatic heterocycles. The molecule has 0 fully saturated rings. The Labute approximate surface area is 74.0 Å². The quantitative estimate of drug-likeness (QED) is 0.566. The summed E-state index contributed by atoms with van der Waals surface area (Å²) < 4.78 is -0.378. The molecule has 3 atom stereocenters. The highest BCUT2D eigenvalue weighted by Crippen LogP contribution is 2.25. The van der Waals surface area contributed by atoms with E-state index in [1.807, 2.05) is 13.8 Å². The minimum Gasteiger partial charge on any atom is -0.393 e. The fourth-order valence-electron chi connectivity index (χ4n) is 0.813. The Balaban J connectivity index is 3.90. The maximum absolute atomic E-state index is 9.51. The molecule has 0 rings (SSSR count). The summed E-state index contributed by atoms with van der Waals surface area (Å²) in [7, 11) is 0. The van der Waals surface area contributed by atoms with E-state index in [2.05, 4.69) is 12.6 Å². The van der Waals surface area contributed by atoms with Crippen LogP contribution >= 0.6 is 12.6 Å². The van der Waals surface area contributed by atoms with Gasteiger partial charge in [0.2, 0.25) is 0 Å². The molecule has 0 saturated heterocycles. The van der Waals surface area contributed by atoms with E-state index in [9.17, 15) is 5.11 Å². The molecule has 0 aromatic heterocycles. The van der Waals surface area contributed by atoms with Crippen LogP contribution in [0.2, 0.25) is 0 Å². The fourth-order valence-corrected chi connectivity index (χ4v) is 0.918. The maximum atomic E-state index is 9.51. The van der Waals surface area contributed by atoms with Gasteiger partial charge in [-0.25, -0.2) is 0 Å². The van der Waals surface area contributed by atoms with Gasteiger partial charge in [-0.3, -0.25) is 0 Å². The summed E-state index contributed by atoms with van der Waals surface area (Å²) in [6.07, 6.45) is 0.205. The summed E-state index contributed by atoms with van der Waals surface area (Å²) in [5.74, 6) is 0. The van der Waals surface area contributed by atoms with Gasteiger partial charge in [0.1, 0.15) is 0 Å². The fraction of sp³-hybridized carbons (Fsp3) is 1.00. The molecule has 3 heteroatoms. The van der Waals surface area contributed by atoms with E-state index < -0.39 is 12.2 Å². The number of rotatable bonds is 4. The van der Waals surface area contributed by atoms with Gasteiger partial charge in [0.05, 0.1) is 12.2 Å². The SMILES string of the molecule is CC[C@](C)(S)[C@H](O)C[C@H](C)O. The average Bonchev–Trinajstić information content (AvgIpc) is 1.86. The Hall–Kier alpha value is 0.270. The van der Waals surface area contributed by atoms with Gasteiger partial charge in [0.25, 0.3) is 0 Å². The summed E-state index contributed by atoms with van der Waals surface area (Å²) in [5, 5.41) is 18.5. The first-order chi connectivity index (χ1) is 4.90. The van der Waals surface area contributed by atoms with Gasteiger partial charge in [-0.1, -0.05) is 6.92 Å². The lowest BCUT2D eigenvalue weighted by molar-refractivity contribution is 0.0672. The van der Waals surface area contributed by atoms with E-state index in [0.717, 1.165) is 6.42 Å². The third kappa shape index (κ3) is 3.99. The number of aliphatic hydroxyl groups is 2. The molecule has 11 heavy (non-hydrogen) atoms. The maximum Gasteiger partial charge on any atom is 0.0706 e. The number of hydrogen-bond donors (Lipinski definition) is 3. The molecule has 0 amide bonds. The van der Waals surface area contributed by atoms with E-state index in [1.165, 1.54) is 0 Å². The second kappa shape index (κ2) is 4.33. The average molecular weight is 178 g/mol. The van der Waals surface area contributed by atoms with Gasteiger partial charge in [-0.05, 0) is 20.3 Å². The topological polar surface area (TPSA) is 40.5 Å². The molecule has 0 spiro atoms. The molecular weight excluding hydrogens is 160 g/mol. The van der Waals surface area contributed by atoms with Gasteiger partial charge < -0.3 is 10.2 Å². The Morgan fingerprint density at radius 1 is 1.45 bits per heavy atom. The molecule has 0 aliphatic carbocycles. The van der Waals surface area contributed by atoms with E-state index in [1.54, 1.807) is 6.92 Å². The minimum atomic E-state index is -0.532. The van der Waals surface area contributed by atoms with Crippen molar-refractivity contribution < 1.29 is 10.2 Å². The lowest BCUT2D eigenvalue weighted by atomic mass is 9.96. The second-order valence-electron chi connectivity index (χ2n) is 3.31. The van der Waals surface area contributed by atoms with Crippen LogP contribution < -0.4 is 0 Å². The van der Waals surface area contributed by atoms with Crippen LogP contribution in [-0.2, 0) is 0 Å². The molecule has 0 aromatic carbocycles. The summed E-state index contributed by atoms with van der Waals surface area (Å²) >= 11 is 4.30. The van der Waals surface area contributed by atoms with Crippen LogP contribution in [0.1, 0.15) is 33.6 Å². The monoisotopic (exact) mass is 178 g/mol. The molecule has 2 nitrogen and oxygen atoms in total. The van der Waals surface area contributed by atoms with Crippen molar-refractivity contribution in [2.75, 3.05) is 0 Å². The summed E-state index contributed by atoms with van der Waals surface area (Å²) in [6.45, 7) is 5.52. The van der Waals surface area contributed by atoms with Crippen LogP contribution in [0.5, 0.6) is 0 Å². The van der Waals surface area contributed by atoms with Crippen molar-refractivity contribution in [2.45, 2.75) is 50.6 Å². The number of hydrogen-bond acceptors (Lipinski definition) is 3. The van der Waals surface area contributed by atoms with E-state index in [4.69, 9.17) is 5.11 Å². The van der Waals surface area contributed by atoms with Crippen LogP contribution in [-0.4, -0.2) is 27.2 Å². The van der Waals surface area contributed by atoms with Gasteiger partial charge >= 0.3 is 0 Å². The van der Waals surface area contributed by atoms with E-state index >= 15 is 0 Å². The standard InChI is InChI=1S/C8H18O2S/c1-4-8(3,11)7(10)5-6(2)9/h6-7,9-11H,4-5H2,1-3H3/t6-,7+,8-/m0/s1. The van der Waals surface area contributed by atoms with E-state index in [0.29, 0.717) is 6.42 Å². The summed E-state index contributed by atoms with van der Waals surface area (Å²) in [4.78, 5) is 0. The second-order valence-corrected chi connectivity index (χ2v) is 4.33. The highest BCUT2D eigenvalue weighted by Gasteiger charge is 2.27. The van der Waals surface area contributed by atoms with Gasteiger partial charge in [-0.15, -0.1) is 0 Å². The normalized spacial score (nSPS) is 22.4. The Morgan fingerprint density at radius 2 is 1.91 bits per heavy atom. The molecule has 0 radical (unpaired) electrons. The predicted molar refractivity (Wildman–Crippen MR) is 50.0 cm³/mol. The highest BCUT2D eigenvalue weighted by atomic mass is 32.1. The van der Waals surface area contributed by atoms with Crippen molar-refractivity contribution in [1.29, 1.82) is 0 Å². The Kier molecular flexibility index (Phi) is 4.44. The molecule has 68 valence electrons. The molecule has 0 aliphatic rings.